The number of H-pyrrole nitrogens is 1. The van der Waals surface area contributed by atoms with E-state index in [1.54, 1.807) is 0 Å². The first-order chi connectivity index (χ1) is 11.8. The molecule has 4 aromatic rings. The van der Waals surface area contributed by atoms with Crippen LogP contribution in [-0.4, -0.2) is 4.98 Å². The molecule has 0 bridgehead atoms. The molecule has 24 heavy (non-hydrogen) atoms. The Morgan fingerprint density at radius 2 is 1.42 bits per heavy atom. The topological polar surface area (TPSA) is 25.0 Å². The average Bonchev–Trinajstić information content (AvgIpc) is 3.09. The van der Waals surface area contributed by atoms with E-state index in [-0.39, 0.29) is 6.10 Å². The second-order valence-corrected chi connectivity index (χ2v) is 6.10. The second kappa shape index (κ2) is 6.42. The summed E-state index contributed by atoms with van der Waals surface area (Å²) in [6, 6.07) is 26.2. The molecular weight excluding hydrogens is 318 g/mol. The summed E-state index contributed by atoms with van der Waals surface area (Å²) in [5, 5.41) is 1.70. The van der Waals surface area contributed by atoms with Gasteiger partial charge >= 0.3 is 0 Å². The van der Waals surface area contributed by atoms with Gasteiger partial charge in [-0.25, -0.2) is 0 Å². The average molecular weight is 334 g/mol. The minimum absolute atomic E-state index is 0.197. The standard InChI is InChI=1S/C21H16ClNO/c22-18-13-17-11-12-23-20(17)19(14-18)24-21(15-7-3-1-4-8-15)16-9-5-2-6-10-16/h1-14,21,23H. The van der Waals surface area contributed by atoms with Crippen molar-refractivity contribution in [3.8, 4) is 5.75 Å². The van der Waals surface area contributed by atoms with Gasteiger partial charge in [0.2, 0.25) is 0 Å². The van der Waals surface area contributed by atoms with Crippen LogP contribution in [0.3, 0.4) is 0 Å². The van der Waals surface area contributed by atoms with E-state index in [1.807, 2.05) is 60.8 Å². The van der Waals surface area contributed by atoms with E-state index < -0.39 is 0 Å². The lowest BCUT2D eigenvalue weighted by atomic mass is 10.0. The molecule has 0 radical (unpaired) electrons. The molecule has 1 heterocycles. The number of benzene rings is 3. The van der Waals surface area contributed by atoms with Crippen LogP contribution in [-0.2, 0) is 0 Å². The van der Waals surface area contributed by atoms with Crippen molar-refractivity contribution in [2.24, 2.45) is 0 Å². The van der Waals surface area contributed by atoms with Gasteiger partial charge in [-0.15, -0.1) is 0 Å². The van der Waals surface area contributed by atoms with E-state index in [9.17, 15) is 0 Å². The van der Waals surface area contributed by atoms with Crippen LogP contribution in [0.4, 0.5) is 0 Å². The molecule has 0 saturated heterocycles. The molecule has 2 nitrogen and oxygen atoms in total. The Balaban J connectivity index is 1.81. The predicted octanol–water partition coefficient (Wildman–Crippen LogP) is 5.99. The summed E-state index contributed by atoms with van der Waals surface area (Å²) in [4.78, 5) is 3.24. The Bertz CT molecular complexity index is 908. The molecule has 3 aromatic carbocycles. The van der Waals surface area contributed by atoms with E-state index in [2.05, 4.69) is 29.2 Å². The lowest BCUT2D eigenvalue weighted by Gasteiger charge is -2.21. The molecule has 0 spiro atoms. The number of fused-ring (bicyclic) bond motifs is 1. The molecule has 0 unspecified atom stereocenters. The highest BCUT2D eigenvalue weighted by Crippen LogP contribution is 2.34. The molecule has 3 heteroatoms. The molecule has 118 valence electrons. The van der Waals surface area contributed by atoms with Crippen LogP contribution in [0.2, 0.25) is 5.02 Å². The fourth-order valence-corrected chi connectivity index (χ4v) is 3.12. The zero-order valence-corrected chi connectivity index (χ0v) is 13.7. The van der Waals surface area contributed by atoms with Crippen LogP contribution in [0.25, 0.3) is 10.9 Å². The summed E-state index contributed by atoms with van der Waals surface area (Å²) in [7, 11) is 0. The summed E-state index contributed by atoms with van der Waals surface area (Å²) < 4.78 is 6.42. The van der Waals surface area contributed by atoms with Crippen LogP contribution >= 0.6 is 11.6 Å². The van der Waals surface area contributed by atoms with Gasteiger partial charge < -0.3 is 9.72 Å². The summed E-state index contributed by atoms with van der Waals surface area (Å²) in [6.07, 6.45) is 1.70. The van der Waals surface area contributed by atoms with Gasteiger partial charge in [-0.05, 0) is 23.3 Å². The summed E-state index contributed by atoms with van der Waals surface area (Å²) in [5.74, 6) is 0.750. The van der Waals surface area contributed by atoms with Gasteiger partial charge in [0.05, 0.1) is 5.52 Å². The number of aromatic amines is 1. The lowest BCUT2D eigenvalue weighted by molar-refractivity contribution is 0.250. The molecule has 0 atom stereocenters. The Labute approximate surface area is 145 Å². The van der Waals surface area contributed by atoms with Crippen LogP contribution < -0.4 is 4.74 Å². The number of hydrogen-bond donors (Lipinski definition) is 1. The Morgan fingerprint density at radius 1 is 0.792 bits per heavy atom. The molecule has 4 rings (SSSR count). The van der Waals surface area contributed by atoms with Crippen LogP contribution in [0.15, 0.2) is 85.1 Å². The highest BCUT2D eigenvalue weighted by Gasteiger charge is 2.17. The zero-order valence-electron chi connectivity index (χ0n) is 12.9. The van der Waals surface area contributed by atoms with Gasteiger partial charge in [0.25, 0.3) is 0 Å². The van der Waals surface area contributed by atoms with Crippen molar-refractivity contribution in [2.45, 2.75) is 6.10 Å². The smallest absolute Gasteiger partial charge is 0.149 e. The van der Waals surface area contributed by atoms with Crippen molar-refractivity contribution >= 4 is 22.5 Å². The first-order valence-corrected chi connectivity index (χ1v) is 8.22. The molecule has 0 aliphatic carbocycles. The van der Waals surface area contributed by atoms with Crippen molar-refractivity contribution in [1.29, 1.82) is 0 Å². The largest absolute Gasteiger partial charge is 0.479 e. The second-order valence-electron chi connectivity index (χ2n) is 5.67. The lowest BCUT2D eigenvalue weighted by Crippen LogP contribution is -2.09. The third-order valence-corrected chi connectivity index (χ3v) is 4.26. The van der Waals surface area contributed by atoms with E-state index in [0.717, 1.165) is 27.8 Å². The summed E-state index contributed by atoms with van der Waals surface area (Å²) >= 11 is 6.26. The van der Waals surface area contributed by atoms with Gasteiger partial charge in [0.15, 0.2) is 0 Å². The number of nitrogens with one attached hydrogen (secondary N) is 1. The third-order valence-electron chi connectivity index (χ3n) is 4.04. The minimum Gasteiger partial charge on any atom is -0.479 e. The molecule has 1 aromatic heterocycles. The number of ether oxygens (including phenoxy) is 1. The molecule has 1 N–H and O–H groups in total. The summed E-state index contributed by atoms with van der Waals surface area (Å²) in [6.45, 7) is 0. The fraction of sp³-hybridized carbons (Fsp3) is 0.0476. The van der Waals surface area contributed by atoms with E-state index in [1.165, 1.54) is 0 Å². The molecule has 0 aliphatic heterocycles. The van der Waals surface area contributed by atoms with Crippen LogP contribution in [0.1, 0.15) is 17.2 Å². The Hall–Kier alpha value is -2.71. The zero-order chi connectivity index (χ0) is 16.4. The Morgan fingerprint density at radius 3 is 2.04 bits per heavy atom. The van der Waals surface area contributed by atoms with E-state index in [0.29, 0.717) is 5.02 Å². The highest BCUT2D eigenvalue weighted by molar-refractivity contribution is 6.31. The number of aromatic nitrogens is 1. The maximum Gasteiger partial charge on any atom is 0.149 e. The monoisotopic (exact) mass is 333 g/mol. The molecule has 0 aliphatic rings. The number of halogens is 1. The number of hydrogen-bond acceptors (Lipinski definition) is 1. The van der Waals surface area contributed by atoms with Crippen LogP contribution in [0, 0.1) is 0 Å². The highest BCUT2D eigenvalue weighted by atomic mass is 35.5. The molecule has 0 amide bonds. The van der Waals surface area contributed by atoms with Gasteiger partial charge in [0.1, 0.15) is 11.9 Å². The maximum absolute atomic E-state index is 6.42. The first kappa shape index (κ1) is 14.9. The van der Waals surface area contributed by atoms with Gasteiger partial charge in [-0.1, -0.05) is 72.3 Å². The van der Waals surface area contributed by atoms with Crippen LogP contribution in [0.5, 0.6) is 5.75 Å². The van der Waals surface area contributed by atoms with Crippen molar-refractivity contribution in [3.05, 3.63) is 101 Å². The van der Waals surface area contributed by atoms with Gasteiger partial charge in [-0.2, -0.15) is 0 Å². The quantitative estimate of drug-likeness (QED) is 0.487. The molecular formula is C21H16ClNO. The van der Waals surface area contributed by atoms with Crippen molar-refractivity contribution < 1.29 is 4.74 Å². The maximum atomic E-state index is 6.42. The van der Waals surface area contributed by atoms with Crippen molar-refractivity contribution in [1.82, 2.24) is 4.98 Å². The predicted molar refractivity (Wildman–Crippen MR) is 98.7 cm³/mol. The first-order valence-electron chi connectivity index (χ1n) is 7.84. The number of rotatable bonds is 4. The molecule has 0 saturated carbocycles. The third kappa shape index (κ3) is 2.89. The molecule has 0 fully saturated rings. The normalized spacial score (nSPS) is 11.1. The SMILES string of the molecule is Clc1cc(OC(c2ccccc2)c2ccccc2)c2[nH]ccc2c1. The fourth-order valence-electron chi connectivity index (χ4n) is 2.91. The van der Waals surface area contributed by atoms with Crippen molar-refractivity contribution in [3.63, 3.8) is 0 Å². The van der Waals surface area contributed by atoms with E-state index in [4.69, 9.17) is 16.3 Å². The summed E-state index contributed by atoms with van der Waals surface area (Å²) in [5.41, 5.74) is 3.16. The van der Waals surface area contributed by atoms with Gasteiger partial charge in [0, 0.05) is 22.7 Å². The minimum atomic E-state index is -0.197. The van der Waals surface area contributed by atoms with Gasteiger partial charge in [-0.3, -0.25) is 0 Å². The van der Waals surface area contributed by atoms with Crippen molar-refractivity contribution in [2.75, 3.05) is 0 Å². The van der Waals surface area contributed by atoms with E-state index >= 15 is 0 Å². The Kier molecular flexibility index (Phi) is 3.97.